The number of carbonyl (C=O) groups is 2. The predicted octanol–water partition coefficient (Wildman–Crippen LogP) is 6.20. The Balaban J connectivity index is 1.31. The molecule has 2 amide bonds. The van der Waals surface area contributed by atoms with Crippen molar-refractivity contribution in [1.82, 2.24) is 5.32 Å². The van der Waals surface area contributed by atoms with Gasteiger partial charge in [0.05, 0.1) is 11.2 Å². The first-order valence-electron chi connectivity index (χ1n) is 13.6. The van der Waals surface area contributed by atoms with E-state index in [0.717, 1.165) is 22.2 Å². The zero-order chi connectivity index (χ0) is 28.5. The van der Waals surface area contributed by atoms with Crippen LogP contribution in [0.15, 0.2) is 78.3 Å². The van der Waals surface area contributed by atoms with Crippen LogP contribution >= 0.6 is 0 Å². The molecule has 0 bridgehead atoms. The maximum Gasteiger partial charge on any atom is 0.492 e. The number of alkyl carbamates (subject to hydrolysis) is 1. The second kappa shape index (κ2) is 10.9. The van der Waals surface area contributed by atoms with Crippen LogP contribution < -0.4 is 10.6 Å². The number of amides is 2. The molecule has 40 heavy (non-hydrogen) atoms. The lowest BCUT2D eigenvalue weighted by Crippen LogP contribution is -2.41. The second-order valence-corrected chi connectivity index (χ2v) is 11.3. The fourth-order valence-corrected chi connectivity index (χ4v) is 5.14. The molecule has 0 radical (unpaired) electrons. The van der Waals surface area contributed by atoms with Crippen molar-refractivity contribution in [3.8, 4) is 11.1 Å². The number of benzene rings is 3. The molecule has 5 rings (SSSR count). The van der Waals surface area contributed by atoms with Crippen LogP contribution in [0.25, 0.3) is 17.2 Å². The Labute approximate surface area is 236 Å². The van der Waals surface area contributed by atoms with E-state index in [4.69, 9.17) is 14.0 Å². The average Bonchev–Trinajstić information content (AvgIpc) is 3.34. The first-order chi connectivity index (χ1) is 19.0. The van der Waals surface area contributed by atoms with Gasteiger partial charge < -0.3 is 24.7 Å². The molecule has 2 aliphatic rings. The maximum atomic E-state index is 12.9. The minimum atomic E-state index is -0.664. The molecule has 1 heterocycles. The fraction of sp³-hybridized carbons (Fsp3) is 0.312. The van der Waals surface area contributed by atoms with Gasteiger partial charge in [0.15, 0.2) is 0 Å². The first kappa shape index (κ1) is 27.7. The molecule has 0 spiro atoms. The highest BCUT2D eigenvalue weighted by atomic mass is 16.7. The third-order valence-corrected chi connectivity index (χ3v) is 7.90. The van der Waals surface area contributed by atoms with Crippen molar-refractivity contribution in [2.75, 3.05) is 18.5 Å². The molecule has 2 N–H and O–H groups in total. The van der Waals surface area contributed by atoms with Gasteiger partial charge in [-0.3, -0.25) is 4.79 Å². The topological polar surface area (TPSA) is 85.9 Å². The number of ether oxygens (including phenoxy) is 1. The maximum absolute atomic E-state index is 12.9. The summed E-state index contributed by atoms with van der Waals surface area (Å²) in [5.74, 6) is -0.169. The molecular formula is C32H35BN2O5. The highest BCUT2D eigenvalue weighted by Crippen LogP contribution is 2.44. The third kappa shape index (κ3) is 5.69. The minimum absolute atomic E-state index is 0.0206. The van der Waals surface area contributed by atoms with Crippen LogP contribution in [0, 0.1) is 0 Å². The predicted molar refractivity (Wildman–Crippen MR) is 158 cm³/mol. The van der Waals surface area contributed by atoms with E-state index in [2.05, 4.69) is 34.9 Å². The number of hydrogen-bond acceptors (Lipinski definition) is 5. The molecular weight excluding hydrogens is 503 g/mol. The van der Waals surface area contributed by atoms with Gasteiger partial charge in [-0.15, -0.1) is 0 Å². The summed E-state index contributed by atoms with van der Waals surface area (Å²) in [5, 5.41) is 5.70. The van der Waals surface area contributed by atoms with E-state index in [1.807, 2.05) is 82.3 Å². The van der Waals surface area contributed by atoms with Crippen molar-refractivity contribution in [1.29, 1.82) is 0 Å². The Bertz CT molecular complexity index is 1400. The molecule has 3 aromatic carbocycles. The first-order valence-corrected chi connectivity index (χ1v) is 13.6. The molecule has 1 fully saturated rings. The molecule has 0 unspecified atom stereocenters. The molecule has 0 aromatic heterocycles. The zero-order valence-electron chi connectivity index (χ0n) is 23.6. The average molecular weight is 538 g/mol. The van der Waals surface area contributed by atoms with Gasteiger partial charge in [-0.05, 0) is 73.1 Å². The van der Waals surface area contributed by atoms with E-state index < -0.39 is 24.4 Å². The summed E-state index contributed by atoms with van der Waals surface area (Å²) in [4.78, 5) is 24.5. The van der Waals surface area contributed by atoms with Gasteiger partial charge in [-0.25, -0.2) is 4.79 Å². The summed E-state index contributed by atoms with van der Waals surface area (Å²) >= 11 is 0. The van der Waals surface area contributed by atoms with Gasteiger partial charge in [-0.2, -0.15) is 0 Å². The summed E-state index contributed by atoms with van der Waals surface area (Å²) in [6.45, 7) is 9.81. The fourth-order valence-electron chi connectivity index (χ4n) is 5.14. The number of nitrogens with one attached hydrogen (secondary N) is 2. The number of rotatable bonds is 7. The van der Waals surface area contributed by atoms with Gasteiger partial charge in [0.1, 0.15) is 6.61 Å². The lowest BCUT2D eigenvalue weighted by Gasteiger charge is -2.32. The normalized spacial score (nSPS) is 17.2. The minimum Gasteiger partial charge on any atom is -0.449 e. The van der Waals surface area contributed by atoms with Gasteiger partial charge in [0.25, 0.3) is 0 Å². The van der Waals surface area contributed by atoms with E-state index in [9.17, 15) is 9.59 Å². The van der Waals surface area contributed by atoms with Crippen LogP contribution in [0.5, 0.6) is 0 Å². The number of anilines is 1. The number of fused-ring (bicyclic) bond motifs is 3. The van der Waals surface area contributed by atoms with Crippen LogP contribution in [-0.2, 0) is 18.8 Å². The molecule has 1 aliphatic carbocycles. The summed E-state index contributed by atoms with van der Waals surface area (Å²) in [7, 11) is -0.664. The van der Waals surface area contributed by atoms with Gasteiger partial charge in [0.2, 0.25) is 5.91 Å². The lowest BCUT2D eigenvalue weighted by atomic mass is 9.77. The highest BCUT2D eigenvalue weighted by Gasteiger charge is 2.52. The Hall–Kier alpha value is -3.88. The standard InChI is InChI=1S/C32H35BN2O5/c1-21(36)35-24-12-10-11-22(18-24)17-23(33-39-31(2,3)32(4,5)40-33)19-34-30(37)38-20-29-27-15-8-6-13-25(27)26-14-7-9-16-28(26)29/h6-18,29H,19-20H2,1-5H3,(H,34,37)(H,35,36). The van der Waals surface area contributed by atoms with Crippen molar-refractivity contribution in [3.63, 3.8) is 0 Å². The van der Waals surface area contributed by atoms with Gasteiger partial charge in [0, 0.05) is 25.1 Å². The summed E-state index contributed by atoms with van der Waals surface area (Å²) in [6, 6.07) is 23.9. The van der Waals surface area contributed by atoms with Gasteiger partial charge >= 0.3 is 13.2 Å². The number of hydrogen-bond donors (Lipinski definition) is 2. The molecule has 3 aromatic rings. The van der Waals surface area contributed by atoms with E-state index in [1.54, 1.807) is 0 Å². The Morgan fingerprint density at radius 2 is 1.50 bits per heavy atom. The Morgan fingerprint density at radius 1 is 0.900 bits per heavy atom. The molecule has 1 aliphatic heterocycles. The van der Waals surface area contributed by atoms with Crippen LogP contribution in [-0.4, -0.2) is 43.5 Å². The van der Waals surface area contributed by atoms with Crippen LogP contribution in [0.3, 0.4) is 0 Å². The molecule has 0 saturated carbocycles. The molecule has 7 nitrogen and oxygen atoms in total. The van der Waals surface area contributed by atoms with Crippen LogP contribution in [0.1, 0.15) is 57.2 Å². The Kier molecular flexibility index (Phi) is 7.58. The van der Waals surface area contributed by atoms with Crippen molar-refractivity contribution in [2.24, 2.45) is 0 Å². The Morgan fingerprint density at radius 3 is 2.10 bits per heavy atom. The van der Waals surface area contributed by atoms with E-state index >= 15 is 0 Å². The molecule has 0 atom stereocenters. The zero-order valence-corrected chi connectivity index (χ0v) is 23.6. The van der Waals surface area contributed by atoms with E-state index in [-0.39, 0.29) is 25.0 Å². The smallest absolute Gasteiger partial charge is 0.449 e. The van der Waals surface area contributed by atoms with Crippen molar-refractivity contribution < 1.29 is 23.6 Å². The SMILES string of the molecule is CC(=O)Nc1cccc(C=C(CNC(=O)OCC2c3ccccc3-c3ccccc32)B2OC(C)(C)C(C)(C)O2)c1. The summed E-state index contributed by atoms with van der Waals surface area (Å²) in [5.41, 5.74) is 5.84. The van der Waals surface area contributed by atoms with Crippen molar-refractivity contribution >= 4 is 30.9 Å². The molecule has 206 valence electrons. The highest BCUT2D eigenvalue weighted by molar-refractivity contribution is 6.56. The van der Waals surface area contributed by atoms with Crippen LogP contribution in [0.2, 0.25) is 0 Å². The summed E-state index contributed by atoms with van der Waals surface area (Å²) in [6.07, 6.45) is 1.40. The van der Waals surface area contributed by atoms with E-state index in [0.29, 0.717) is 5.69 Å². The lowest BCUT2D eigenvalue weighted by molar-refractivity contribution is -0.114. The quantitative estimate of drug-likeness (QED) is 0.350. The van der Waals surface area contributed by atoms with Gasteiger partial charge in [-0.1, -0.05) is 66.7 Å². The largest absolute Gasteiger partial charge is 0.492 e. The monoisotopic (exact) mass is 538 g/mol. The summed E-state index contributed by atoms with van der Waals surface area (Å²) < 4.78 is 18.3. The molecule has 8 heteroatoms. The molecule has 1 saturated heterocycles. The third-order valence-electron chi connectivity index (χ3n) is 7.90. The number of carbonyl (C=O) groups excluding carboxylic acids is 2. The van der Waals surface area contributed by atoms with E-state index in [1.165, 1.54) is 18.1 Å². The second-order valence-electron chi connectivity index (χ2n) is 11.3. The van der Waals surface area contributed by atoms with Crippen molar-refractivity contribution in [2.45, 2.75) is 51.7 Å². The van der Waals surface area contributed by atoms with Crippen LogP contribution in [0.4, 0.5) is 10.5 Å². The van der Waals surface area contributed by atoms with Crippen molar-refractivity contribution in [3.05, 3.63) is 95.0 Å².